The highest BCUT2D eigenvalue weighted by molar-refractivity contribution is 7.19. The summed E-state index contributed by atoms with van der Waals surface area (Å²) in [6.45, 7) is 5.28. The second-order valence-corrected chi connectivity index (χ2v) is 9.34. The molecule has 7 nitrogen and oxygen atoms in total. The Morgan fingerprint density at radius 2 is 2.19 bits per heavy atom. The fourth-order valence-corrected chi connectivity index (χ4v) is 5.80. The van der Waals surface area contributed by atoms with Gasteiger partial charge in [0.15, 0.2) is 17.3 Å². The standard InChI is InChI=1S/C23H23FN4O3S/c1-11(26-2)12-6-7-27(10-12)19-15(24)8-14-18(22(19)31-3)28(13-4-5-13)23-17(20(14)29)21(30)16(9-25)32-23/h8,12-13,26,30H,1,4-7,10H2,2-3H3/t12-/m1/s1. The smallest absolute Gasteiger partial charge is 0.202 e. The number of nitriles is 1. The van der Waals surface area contributed by atoms with Crippen molar-refractivity contribution < 1.29 is 14.2 Å². The van der Waals surface area contributed by atoms with Crippen molar-refractivity contribution in [3.63, 3.8) is 0 Å². The van der Waals surface area contributed by atoms with Gasteiger partial charge in [0, 0.05) is 37.8 Å². The number of benzene rings is 1. The Morgan fingerprint density at radius 1 is 1.44 bits per heavy atom. The molecule has 1 atom stereocenters. The maximum absolute atomic E-state index is 15.5. The monoisotopic (exact) mass is 454 g/mol. The number of halogens is 1. The van der Waals surface area contributed by atoms with Crippen molar-refractivity contribution in [1.29, 1.82) is 5.26 Å². The third-order valence-corrected chi connectivity index (χ3v) is 7.60. The van der Waals surface area contributed by atoms with Crippen LogP contribution in [0, 0.1) is 23.1 Å². The molecule has 32 heavy (non-hydrogen) atoms. The average molecular weight is 455 g/mol. The highest BCUT2D eigenvalue weighted by atomic mass is 32.1. The van der Waals surface area contributed by atoms with E-state index < -0.39 is 11.2 Å². The Bertz CT molecular complexity index is 1380. The average Bonchev–Trinajstić information content (AvgIpc) is 3.41. The van der Waals surface area contributed by atoms with Crippen LogP contribution in [0.5, 0.6) is 11.5 Å². The molecule has 2 N–H and O–H groups in total. The van der Waals surface area contributed by atoms with E-state index in [4.69, 9.17) is 4.74 Å². The van der Waals surface area contributed by atoms with E-state index in [9.17, 15) is 15.2 Å². The lowest BCUT2D eigenvalue weighted by Gasteiger charge is -2.25. The van der Waals surface area contributed by atoms with Crippen molar-refractivity contribution in [1.82, 2.24) is 9.88 Å². The topological polar surface area (TPSA) is 90.5 Å². The zero-order valence-electron chi connectivity index (χ0n) is 17.9. The fraction of sp³-hybridized carbons (Fsp3) is 0.391. The first-order valence-electron chi connectivity index (χ1n) is 10.5. The lowest BCUT2D eigenvalue weighted by molar-refractivity contribution is 0.414. The summed E-state index contributed by atoms with van der Waals surface area (Å²) in [5.74, 6) is -0.377. The van der Waals surface area contributed by atoms with E-state index in [2.05, 4.69) is 11.9 Å². The van der Waals surface area contributed by atoms with Gasteiger partial charge in [-0.15, -0.1) is 11.3 Å². The molecule has 2 aliphatic rings. The number of hydrogen-bond acceptors (Lipinski definition) is 7. The van der Waals surface area contributed by atoms with E-state index in [1.807, 2.05) is 22.6 Å². The van der Waals surface area contributed by atoms with E-state index in [1.54, 1.807) is 0 Å². The SMILES string of the molecule is C=C(NC)[C@@H]1CCN(c2c(F)cc3c(=O)c4c(O)c(C#N)sc4n(C4CC4)c3c2OC)C1. The van der Waals surface area contributed by atoms with Crippen molar-refractivity contribution in [2.75, 3.05) is 32.1 Å². The molecule has 9 heteroatoms. The molecule has 0 spiro atoms. The first-order valence-corrected chi connectivity index (χ1v) is 11.3. The number of nitrogens with zero attached hydrogens (tertiary/aromatic N) is 3. The molecule has 166 valence electrons. The molecular formula is C23H23FN4O3S. The van der Waals surface area contributed by atoms with Gasteiger partial charge in [-0.25, -0.2) is 4.39 Å². The molecule has 5 rings (SSSR count). The molecule has 0 amide bonds. The number of hydrogen-bond donors (Lipinski definition) is 2. The largest absolute Gasteiger partial charge is 0.505 e. The van der Waals surface area contributed by atoms with Crippen LogP contribution < -0.4 is 20.4 Å². The summed E-state index contributed by atoms with van der Waals surface area (Å²) in [7, 11) is 3.31. The summed E-state index contributed by atoms with van der Waals surface area (Å²) in [4.78, 5) is 15.9. The first kappa shape index (κ1) is 20.6. The minimum absolute atomic E-state index is 0.0757. The van der Waals surface area contributed by atoms with E-state index in [-0.39, 0.29) is 33.4 Å². The molecule has 1 saturated heterocycles. The van der Waals surface area contributed by atoms with Crippen LogP contribution in [0.1, 0.15) is 30.2 Å². The van der Waals surface area contributed by atoms with Crippen molar-refractivity contribution in [2.24, 2.45) is 5.92 Å². The summed E-state index contributed by atoms with van der Waals surface area (Å²) < 4.78 is 23.2. The van der Waals surface area contributed by atoms with Gasteiger partial charge >= 0.3 is 0 Å². The molecule has 0 radical (unpaired) electrons. The molecule has 3 aromatic rings. The Balaban J connectivity index is 1.83. The minimum atomic E-state index is -0.543. The van der Waals surface area contributed by atoms with Crippen LogP contribution in [-0.2, 0) is 0 Å². The molecule has 0 bridgehead atoms. The number of anilines is 1. The van der Waals surface area contributed by atoms with Gasteiger partial charge in [-0.3, -0.25) is 4.79 Å². The van der Waals surface area contributed by atoms with Crippen molar-refractivity contribution in [3.05, 3.63) is 39.3 Å². The lowest BCUT2D eigenvalue weighted by Crippen LogP contribution is -2.24. The maximum atomic E-state index is 15.5. The predicted molar refractivity (Wildman–Crippen MR) is 123 cm³/mol. The van der Waals surface area contributed by atoms with Crippen LogP contribution in [0.4, 0.5) is 10.1 Å². The third-order valence-electron chi connectivity index (χ3n) is 6.51. The van der Waals surface area contributed by atoms with Crippen LogP contribution in [0.3, 0.4) is 0 Å². The molecular weight excluding hydrogens is 431 g/mol. The molecule has 3 heterocycles. The number of fused-ring (bicyclic) bond motifs is 2. The Morgan fingerprint density at radius 3 is 2.81 bits per heavy atom. The number of aromatic nitrogens is 1. The summed E-state index contributed by atoms with van der Waals surface area (Å²) in [6, 6.07) is 3.31. The molecule has 2 fully saturated rings. The minimum Gasteiger partial charge on any atom is -0.505 e. The van der Waals surface area contributed by atoms with Gasteiger partial charge in [0.05, 0.1) is 18.0 Å². The zero-order valence-corrected chi connectivity index (χ0v) is 18.7. The van der Waals surface area contributed by atoms with Crippen LogP contribution in [0.25, 0.3) is 21.1 Å². The van der Waals surface area contributed by atoms with Gasteiger partial charge in [-0.05, 0) is 25.3 Å². The van der Waals surface area contributed by atoms with Crippen molar-refractivity contribution in [3.8, 4) is 17.6 Å². The quantitative estimate of drug-likeness (QED) is 0.609. The maximum Gasteiger partial charge on any atom is 0.202 e. The van der Waals surface area contributed by atoms with Gasteiger partial charge in [0.25, 0.3) is 0 Å². The Kier molecular flexibility index (Phi) is 4.78. The van der Waals surface area contributed by atoms with Crippen molar-refractivity contribution in [2.45, 2.75) is 25.3 Å². The number of nitrogens with one attached hydrogen (secondary N) is 1. The molecule has 1 aliphatic heterocycles. The number of thiophene rings is 1. The normalized spacial score (nSPS) is 18.3. The van der Waals surface area contributed by atoms with Crippen LogP contribution in [0.15, 0.2) is 23.1 Å². The second kappa shape index (κ2) is 7.41. The van der Waals surface area contributed by atoms with Gasteiger partial charge in [-0.1, -0.05) is 6.58 Å². The first-order chi connectivity index (χ1) is 15.4. The highest BCUT2D eigenvalue weighted by Gasteiger charge is 2.35. The zero-order chi connectivity index (χ0) is 22.7. The summed E-state index contributed by atoms with van der Waals surface area (Å²) in [5, 5.41) is 23.2. The van der Waals surface area contributed by atoms with Gasteiger partial charge < -0.3 is 24.6 Å². The molecule has 2 aromatic heterocycles. The molecule has 1 saturated carbocycles. The van der Waals surface area contributed by atoms with Crippen LogP contribution in [-0.4, -0.2) is 36.9 Å². The number of ether oxygens (including phenoxy) is 1. The predicted octanol–water partition coefficient (Wildman–Crippen LogP) is 3.84. The fourth-order valence-electron chi connectivity index (χ4n) is 4.74. The van der Waals surface area contributed by atoms with Gasteiger partial charge in [0.2, 0.25) is 5.43 Å². The molecule has 1 aliphatic carbocycles. The van der Waals surface area contributed by atoms with E-state index in [0.29, 0.717) is 34.9 Å². The summed E-state index contributed by atoms with van der Waals surface area (Å²) in [6.07, 6.45) is 2.63. The number of methoxy groups -OCH3 is 1. The molecule has 0 unspecified atom stereocenters. The van der Waals surface area contributed by atoms with Crippen molar-refractivity contribution >= 4 is 38.1 Å². The Hall–Kier alpha value is -3.25. The van der Waals surface area contributed by atoms with E-state index in [1.165, 1.54) is 13.2 Å². The lowest BCUT2D eigenvalue weighted by atomic mass is 10.1. The molecule has 1 aromatic carbocycles. The summed E-state index contributed by atoms with van der Waals surface area (Å²) >= 11 is 1.09. The van der Waals surface area contributed by atoms with E-state index >= 15 is 4.39 Å². The van der Waals surface area contributed by atoms with Crippen LogP contribution in [0.2, 0.25) is 0 Å². The second-order valence-electron chi connectivity index (χ2n) is 8.35. The van der Waals surface area contributed by atoms with Gasteiger partial charge in [-0.2, -0.15) is 5.26 Å². The summed E-state index contributed by atoms with van der Waals surface area (Å²) in [5.41, 5.74) is 1.27. The third kappa shape index (κ3) is 2.86. The Labute approximate surface area is 187 Å². The number of pyridine rings is 1. The number of aromatic hydroxyl groups is 1. The van der Waals surface area contributed by atoms with Crippen LogP contribution >= 0.6 is 11.3 Å². The number of rotatable bonds is 5. The van der Waals surface area contributed by atoms with Gasteiger partial charge in [0.1, 0.15) is 26.9 Å². The van der Waals surface area contributed by atoms with E-state index in [0.717, 1.165) is 36.3 Å². The highest BCUT2D eigenvalue weighted by Crippen LogP contribution is 2.48.